The summed E-state index contributed by atoms with van der Waals surface area (Å²) in [5, 5.41) is 3.88. The SMILES string of the molecule is O=C(N[C@H]1CN2CCC1CC2)c1ccc(-c2ccccc2Cl)[nH]1. The minimum absolute atomic E-state index is 0.0259. The van der Waals surface area contributed by atoms with Gasteiger partial charge in [0.15, 0.2) is 0 Å². The van der Waals surface area contributed by atoms with Crippen LogP contribution in [0.3, 0.4) is 0 Å². The predicted molar refractivity (Wildman–Crippen MR) is 91.7 cm³/mol. The van der Waals surface area contributed by atoms with E-state index in [1.807, 2.05) is 36.4 Å². The molecule has 5 rings (SSSR count). The molecule has 3 fully saturated rings. The molecular weight excluding hydrogens is 310 g/mol. The molecule has 1 aromatic carbocycles. The Labute approximate surface area is 140 Å². The molecule has 3 aliphatic rings. The van der Waals surface area contributed by atoms with Gasteiger partial charge >= 0.3 is 0 Å². The van der Waals surface area contributed by atoms with Crippen molar-refractivity contribution in [3.63, 3.8) is 0 Å². The van der Waals surface area contributed by atoms with Crippen molar-refractivity contribution >= 4 is 17.5 Å². The van der Waals surface area contributed by atoms with Crippen LogP contribution in [0.15, 0.2) is 36.4 Å². The summed E-state index contributed by atoms with van der Waals surface area (Å²) in [4.78, 5) is 18.2. The van der Waals surface area contributed by atoms with Crippen molar-refractivity contribution < 1.29 is 4.79 Å². The van der Waals surface area contributed by atoms with Crippen LogP contribution >= 0.6 is 11.6 Å². The summed E-state index contributed by atoms with van der Waals surface area (Å²) in [6.45, 7) is 3.33. The van der Waals surface area contributed by atoms with E-state index in [4.69, 9.17) is 11.6 Å². The fraction of sp³-hybridized carbons (Fsp3) is 0.389. The summed E-state index contributed by atoms with van der Waals surface area (Å²) in [6, 6.07) is 11.7. The summed E-state index contributed by atoms with van der Waals surface area (Å²) in [5.74, 6) is 0.601. The fourth-order valence-electron chi connectivity index (χ4n) is 3.74. The van der Waals surface area contributed by atoms with E-state index in [1.165, 1.54) is 25.9 Å². The third-order valence-corrected chi connectivity index (χ3v) is 5.40. The van der Waals surface area contributed by atoms with Gasteiger partial charge in [-0.05, 0) is 50.0 Å². The highest BCUT2D eigenvalue weighted by Gasteiger charge is 2.35. The van der Waals surface area contributed by atoms with Crippen LogP contribution in [-0.4, -0.2) is 41.5 Å². The van der Waals surface area contributed by atoms with E-state index in [1.54, 1.807) is 0 Å². The second-order valence-corrected chi connectivity index (χ2v) is 6.89. The normalized spacial score (nSPS) is 26.2. The smallest absolute Gasteiger partial charge is 0.267 e. The van der Waals surface area contributed by atoms with Gasteiger partial charge in [-0.3, -0.25) is 4.79 Å². The molecule has 5 heteroatoms. The lowest BCUT2D eigenvalue weighted by Crippen LogP contribution is -2.57. The molecule has 23 heavy (non-hydrogen) atoms. The summed E-state index contributed by atoms with van der Waals surface area (Å²) >= 11 is 6.22. The Balaban J connectivity index is 1.48. The molecule has 4 heterocycles. The lowest BCUT2D eigenvalue weighted by molar-refractivity contribution is 0.0618. The van der Waals surface area contributed by atoms with Gasteiger partial charge in [0.2, 0.25) is 0 Å². The van der Waals surface area contributed by atoms with Gasteiger partial charge in [-0.2, -0.15) is 0 Å². The first-order chi connectivity index (χ1) is 11.2. The Bertz CT molecular complexity index is 719. The van der Waals surface area contributed by atoms with Crippen molar-refractivity contribution in [2.24, 2.45) is 5.92 Å². The fourth-order valence-corrected chi connectivity index (χ4v) is 3.98. The van der Waals surface area contributed by atoms with Crippen molar-refractivity contribution in [1.82, 2.24) is 15.2 Å². The molecule has 0 aliphatic carbocycles. The number of aromatic amines is 1. The van der Waals surface area contributed by atoms with Crippen molar-refractivity contribution in [2.75, 3.05) is 19.6 Å². The first-order valence-corrected chi connectivity index (χ1v) is 8.55. The first-order valence-electron chi connectivity index (χ1n) is 8.18. The second kappa shape index (κ2) is 6.02. The van der Waals surface area contributed by atoms with E-state index in [-0.39, 0.29) is 11.9 Å². The van der Waals surface area contributed by atoms with E-state index in [0.717, 1.165) is 17.8 Å². The van der Waals surface area contributed by atoms with Crippen LogP contribution in [0.5, 0.6) is 0 Å². The largest absolute Gasteiger partial charge is 0.351 e. The number of hydrogen-bond donors (Lipinski definition) is 2. The maximum Gasteiger partial charge on any atom is 0.267 e. The lowest BCUT2D eigenvalue weighted by Gasteiger charge is -2.44. The van der Waals surface area contributed by atoms with Crippen LogP contribution in [0.1, 0.15) is 23.3 Å². The third-order valence-electron chi connectivity index (χ3n) is 5.07. The Kier molecular flexibility index (Phi) is 3.87. The van der Waals surface area contributed by atoms with Crippen LogP contribution in [0.2, 0.25) is 5.02 Å². The van der Waals surface area contributed by atoms with E-state index in [2.05, 4.69) is 15.2 Å². The maximum absolute atomic E-state index is 12.5. The standard InChI is InChI=1S/C18H20ClN3O/c19-14-4-2-1-3-13(14)15-5-6-16(20-15)18(23)21-17-11-22-9-7-12(17)8-10-22/h1-6,12,17,20H,7-11H2,(H,21,23)/t17-/m0/s1. The molecular formula is C18H20ClN3O. The molecule has 2 N–H and O–H groups in total. The van der Waals surface area contributed by atoms with Gasteiger partial charge in [0.1, 0.15) is 5.69 Å². The molecule has 2 bridgehead atoms. The van der Waals surface area contributed by atoms with Gasteiger partial charge in [-0.25, -0.2) is 0 Å². The number of fused-ring (bicyclic) bond motifs is 3. The van der Waals surface area contributed by atoms with Crippen LogP contribution in [0, 0.1) is 5.92 Å². The number of amides is 1. The van der Waals surface area contributed by atoms with Gasteiger partial charge in [0.05, 0.1) is 0 Å². The number of benzene rings is 1. The molecule has 1 atom stereocenters. The topological polar surface area (TPSA) is 48.1 Å². The molecule has 1 aromatic heterocycles. The van der Waals surface area contributed by atoms with Gasteiger partial charge in [-0.15, -0.1) is 0 Å². The number of rotatable bonds is 3. The minimum atomic E-state index is -0.0259. The van der Waals surface area contributed by atoms with Crippen LogP contribution in [0.4, 0.5) is 0 Å². The number of carbonyl (C=O) groups is 1. The van der Waals surface area contributed by atoms with E-state index in [9.17, 15) is 4.79 Å². The van der Waals surface area contributed by atoms with Crippen LogP contribution < -0.4 is 5.32 Å². The quantitative estimate of drug-likeness (QED) is 0.908. The summed E-state index contributed by atoms with van der Waals surface area (Å²) in [6.07, 6.45) is 2.39. The Morgan fingerprint density at radius 3 is 2.65 bits per heavy atom. The average molecular weight is 330 g/mol. The van der Waals surface area contributed by atoms with Crippen LogP contribution in [-0.2, 0) is 0 Å². The number of nitrogens with one attached hydrogen (secondary N) is 2. The number of H-pyrrole nitrogens is 1. The summed E-state index contributed by atoms with van der Waals surface area (Å²) < 4.78 is 0. The highest BCUT2D eigenvalue weighted by atomic mass is 35.5. The van der Waals surface area contributed by atoms with Gasteiger partial charge < -0.3 is 15.2 Å². The van der Waals surface area contributed by atoms with Gasteiger partial charge in [0.25, 0.3) is 5.91 Å². The number of nitrogens with zero attached hydrogens (tertiary/aromatic N) is 1. The molecule has 0 radical (unpaired) electrons. The first kappa shape index (κ1) is 14.8. The van der Waals surface area contributed by atoms with Gasteiger partial charge in [-0.1, -0.05) is 29.8 Å². The lowest BCUT2D eigenvalue weighted by atomic mass is 9.84. The second-order valence-electron chi connectivity index (χ2n) is 6.48. The molecule has 0 spiro atoms. The predicted octanol–water partition coefficient (Wildman–Crippen LogP) is 3.16. The minimum Gasteiger partial charge on any atom is -0.351 e. The summed E-state index contributed by atoms with van der Waals surface area (Å²) in [7, 11) is 0. The molecule has 0 unspecified atom stereocenters. The monoisotopic (exact) mass is 329 g/mol. The number of halogens is 1. The van der Waals surface area contributed by atoms with E-state index >= 15 is 0 Å². The number of piperidine rings is 3. The van der Waals surface area contributed by atoms with E-state index in [0.29, 0.717) is 16.6 Å². The molecule has 3 saturated heterocycles. The Morgan fingerprint density at radius 1 is 1.17 bits per heavy atom. The maximum atomic E-state index is 12.5. The molecule has 3 aliphatic heterocycles. The van der Waals surface area contributed by atoms with Gasteiger partial charge in [0, 0.05) is 28.9 Å². The van der Waals surface area contributed by atoms with Crippen molar-refractivity contribution in [1.29, 1.82) is 0 Å². The van der Waals surface area contributed by atoms with Crippen molar-refractivity contribution in [3.8, 4) is 11.3 Å². The zero-order valence-corrected chi connectivity index (χ0v) is 13.6. The van der Waals surface area contributed by atoms with Crippen molar-refractivity contribution in [2.45, 2.75) is 18.9 Å². The molecule has 120 valence electrons. The number of hydrogen-bond acceptors (Lipinski definition) is 2. The zero-order valence-electron chi connectivity index (χ0n) is 12.9. The molecule has 0 saturated carbocycles. The Morgan fingerprint density at radius 2 is 1.96 bits per heavy atom. The number of aromatic nitrogens is 1. The molecule has 4 nitrogen and oxygen atoms in total. The van der Waals surface area contributed by atoms with Crippen LogP contribution in [0.25, 0.3) is 11.3 Å². The average Bonchev–Trinajstić information content (AvgIpc) is 3.06. The molecule has 1 amide bonds. The highest BCUT2D eigenvalue weighted by Crippen LogP contribution is 2.29. The van der Waals surface area contributed by atoms with E-state index < -0.39 is 0 Å². The summed E-state index contributed by atoms with van der Waals surface area (Å²) in [5.41, 5.74) is 2.38. The highest BCUT2D eigenvalue weighted by molar-refractivity contribution is 6.33. The molecule has 2 aromatic rings. The Hall–Kier alpha value is -1.78. The zero-order chi connectivity index (χ0) is 15.8. The number of carbonyl (C=O) groups excluding carboxylic acids is 1. The van der Waals surface area contributed by atoms with Crippen molar-refractivity contribution in [3.05, 3.63) is 47.1 Å². The third kappa shape index (κ3) is 2.89.